The van der Waals surface area contributed by atoms with E-state index in [9.17, 15) is 0 Å². The van der Waals surface area contributed by atoms with E-state index in [1.807, 2.05) is 54.6 Å². The zero-order valence-corrected chi connectivity index (χ0v) is 15.8. The molecule has 142 valence electrons. The molecule has 0 saturated heterocycles. The molecule has 2 heterocycles. The summed E-state index contributed by atoms with van der Waals surface area (Å²) in [5.41, 5.74) is 2.46. The van der Waals surface area contributed by atoms with E-state index in [0.717, 1.165) is 16.8 Å². The first-order valence-electron chi connectivity index (χ1n) is 8.93. The lowest BCUT2D eigenvalue weighted by Crippen LogP contribution is -2.09. The van der Waals surface area contributed by atoms with Gasteiger partial charge < -0.3 is 15.7 Å². The summed E-state index contributed by atoms with van der Waals surface area (Å²) in [4.78, 5) is 9.23. The van der Waals surface area contributed by atoms with E-state index in [2.05, 4.69) is 25.7 Å². The Morgan fingerprint density at radius 2 is 1.79 bits per heavy atom. The van der Waals surface area contributed by atoms with Crippen LogP contribution in [-0.4, -0.2) is 38.0 Å². The Hall–Kier alpha value is -3.16. The average Bonchev–Trinajstić information content (AvgIpc) is 3.15. The van der Waals surface area contributed by atoms with E-state index in [1.165, 1.54) is 0 Å². The van der Waals surface area contributed by atoms with Gasteiger partial charge in [-0.15, -0.1) is 0 Å². The lowest BCUT2D eigenvalue weighted by Gasteiger charge is -2.11. The number of aliphatic hydroxyl groups is 1. The van der Waals surface area contributed by atoms with Crippen molar-refractivity contribution in [1.29, 1.82) is 0 Å². The van der Waals surface area contributed by atoms with Gasteiger partial charge in [0.25, 0.3) is 0 Å². The molecule has 0 fully saturated rings. The minimum Gasteiger partial charge on any atom is -0.396 e. The summed E-state index contributed by atoms with van der Waals surface area (Å²) in [6, 6.07) is 17.2. The third-order valence-corrected chi connectivity index (χ3v) is 4.41. The molecule has 0 amide bonds. The van der Waals surface area contributed by atoms with Crippen LogP contribution in [0.1, 0.15) is 6.42 Å². The summed E-state index contributed by atoms with van der Waals surface area (Å²) in [5.74, 6) is 1.11. The summed E-state index contributed by atoms with van der Waals surface area (Å²) in [6.07, 6.45) is 2.36. The van der Waals surface area contributed by atoms with Crippen LogP contribution in [0.4, 0.5) is 17.5 Å². The van der Waals surface area contributed by atoms with Gasteiger partial charge in [0.2, 0.25) is 5.95 Å². The number of para-hydroxylation sites is 1. The molecule has 0 aliphatic rings. The van der Waals surface area contributed by atoms with Gasteiger partial charge in [0.15, 0.2) is 5.65 Å². The van der Waals surface area contributed by atoms with E-state index in [-0.39, 0.29) is 6.61 Å². The maximum atomic E-state index is 9.03. The fraction of sp³-hybridized carbons (Fsp3) is 0.150. The standard InChI is InChI=1S/C20H19ClN6O/c21-14-7-9-15(10-8-14)24-18-17-13-23-27(16-5-2-1-3-6-16)19(17)26-20(25-18)22-11-4-12-28/h1-3,5-10,13,28H,4,11-12H2,(H2,22,24,25,26). The highest BCUT2D eigenvalue weighted by molar-refractivity contribution is 6.30. The van der Waals surface area contributed by atoms with Crippen LogP contribution in [0.15, 0.2) is 60.8 Å². The first kappa shape index (κ1) is 18.2. The molecule has 28 heavy (non-hydrogen) atoms. The second-order valence-electron chi connectivity index (χ2n) is 6.16. The molecular formula is C20H19ClN6O. The number of aliphatic hydroxyl groups excluding tert-OH is 1. The predicted molar refractivity (Wildman–Crippen MR) is 112 cm³/mol. The minimum absolute atomic E-state index is 0.104. The number of aromatic nitrogens is 4. The molecule has 4 rings (SSSR count). The van der Waals surface area contributed by atoms with Crippen LogP contribution < -0.4 is 10.6 Å². The van der Waals surface area contributed by atoms with E-state index in [0.29, 0.717) is 35.4 Å². The van der Waals surface area contributed by atoms with Crippen LogP contribution in [0, 0.1) is 0 Å². The van der Waals surface area contributed by atoms with E-state index < -0.39 is 0 Å². The van der Waals surface area contributed by atoms with Crippen LogP contribution in [0.3, 0.4) is 0 Å². The second kappa shape index (κ2) is 8.24. The van der Waals surface area contributed by atoms with Gasteiger partial charge in [0.05, 0.1) is 17.3 Å². The normalized spacial score (nSPS) is 10.9. The zero-order chi connectivity index (χ0) is 19.3. The maximum absolute atomic E-state index is 9.03. The Balaban J connectivity index is 1.78. The SMILES string of the molecule is OCCCNc1nc(Nc2ccc(Cl)cc2)c2cnn(-c3ccccc3)c2n1. The number of hydrogen-bond acceptors (Lipinski definition) is 6. The number of benzene rings is 2. The highest BCUT2D eigenvalue weighted by atomic mass is 35.5. The minimum atomic E-state index is 0.104. The van der Waals surface area contributed by atoms with Crippen molar-refractivity contribution in [3.8, 4) is 5.69 Å². The van der Waals surface area contributed by atoms with Crippen LogP contribution in [0.25, 0.3) is 16.7 Å². The summed E-state index contributed by atoms with van der Waals surface area (Å²) in [7, 11) is 0. The van der Waals surface area contributed by atoms with Gasteiger partial charge in [0.1, 0.15) is 5.82 Å². The molecule has 3 N–H and O–H groups in total. The molecule has 4 aromatic rings. The smallest absolute Gasteiger partial charge is 0.226 e. The van der Waals surface area contributed by atoms with Crippen molar-refractivity contribution >= 4 is 40.1 Å². The summed E-state index contributed by atoms with van der Waals surface area (Å²) in [5, 5.41) is 21.5. The summed E-state index contributed by atoms with van der Waals surface area (Å²) in [6.45, 7) is 0.676. The van der Waals surface area contributed by atoms with Gasteiger partial charge in [-0.3, -0.25) is 0 Å². The molecule has 0 aliphatic carbocycles. The predicted octanol–water partition coefficient (Wildman–Crippen LogP) is 4.01. The van der Waals surface area contributed by atoms with Crippen molar-refractivity contribution in [3.63, 3.8) is 0 Å². The summed E-state index contributed by atoms with van der Waals surface area (Å²) < 4.78 is 1.78. The number of rotatable bonds is 7. The van der Waals surface area contributed by atoms with Crippen molar-refractivity contribution in [2.75, 3.05) is 23.8 Å². The molecule has 8 heteroatoms. The number of halogens is 1. The number of nitrogens with zero attached hydrogens (tertiary/aromatic N) is 4. The van der Waals surface area contributed by atoms with Crippen LogP contribution in [0.2, 0.25) is 5.02 Å². The maximum Gasteiger partial charge on any atom is 0.226 e. The quantitative estimate of drug-likeness (QED) is 0.410. The molecule has 0 atom stereocenters. The van der Waals surface area contributed by atoms with Crippen molar-refractivity contribution < 1.29 is 5.11 Å². The van der Waals surface area contributed by atoms with Crippen molar-refractivity contribution in [3.05, 3.63) is 65.8 Å². The molecular weight excluding hydrogens is 376 g/mol. The molecule has 0 radical (unpaired) electrons. The van der Waals surface area contributed by atoms with Gasteiger partial charge in [-0.25, -0.2) is 4.68 Å². The molecule has 0 bridgehead atoms. The van der Waals surface area contributed by atoms with Gasteiger partial charge in [-0.05, 0) is 42.8 Å². The Morgan fingerprint density at radius 3 is 2.54 bits per heavy atom. The third kappa shape index (κ3) is 3.90. The fourth-order valence-electron chi connectivity index (χ4n) is 2.79. The average molecular weight is 395 g/mol. The van der Waals surface area contributed by atoms with E-state index in [4.69, 9.17) is 16.7 Å². The molecule has 0 saturated carbocycles. The third-order valence-electron chi connectivity index (χ3n) is 4.15. The number of hydrogen-bond donors (Lipinski definition) is 3. The monoisotopic (exact) mass is 394 g/mol. The van der Waals surface area contributed by atoms with Gasteiger partial charge in [-0.2, -0.15) is 15.1 Å². The number of nitrogens with one attached hydrogen (secondary N) is 2. The topological polar surface area (TPSA) is 87.9 Å². The highest BCUT2D eigenvalue weighted by Crippen LogP contribution is 2.27. The number of anilines is 3. The van der Waals surface area contributed by atoms with Gasteiger partial charge in [0, 0.05) is 23.9 Å². The lowest BCUT2D eigenvalue weighted by atomic mass is 10.3. The Bertz CT molecular complexity index is 1070. The van der Waals surface area contributed by atoms with Crippen LogP contribution in [0.5, 0.6) is 0 Å². The molecule has 0 aliphatic heterocycles. The second-order valence-corrected chi connectivity index (χ2v) is 6.60. The first-order valence-corrected chi connectivity index (χ1v) is 9.31. The summed E-state index contributed by atoms with van der Waals surface area (Å²) >= 11 is 5.98. The lowest BCUT2D eigenvalue weighted by molar-refractivity contribution is 0.292. The molecule has 0 spiro atoms. The Kier molecular flexibility index (Phi) is 5.36. The van der Waals surface area contributed by atoms with Crippen molar-refractivity contribution in [2.24, 2.45) is 0 Å². The van der Waals surface area contributed by atoms with Gasteiger partial charge >= 0.3 is 0 Å². The van der Waals surface area contributed by atoms with Crippen LogP contribution >= 0.6 is 11.6 Å². The van der Waals surface area contributed by atoms with E-state index >= 15 is 0 Å². The van der Waals surface area contributed by atoms with Crippen LogP contribution in [-0.2, 0) is 0 Å². The highest BCUT2D eigenvalue weighted by Gasteiger charge is 2.14. The van der Waals surface area contributed by atoms with E-state index in [1.54, 1.807) is 10.9 Å². The zero-order valence-electron chi connectivity index (χ0n) is 15.0. The first-order chi connectivity index (χ1) is 13.7. The Labute approximate surface area is 167 Å². The molecule has 2 aromatic heterocycles. The Morgan fingerprint density at radius 1 is 1.00 bits per heavy atom. The van der Waals surface area contributed by atoms with Crippen molar-refractivity contribution in [2.45, 2.75) is 6.42 Å². The molecule has 0 unspecified atom stereocenters. The molecule has 7 nitrogen and oxygen atoms in total. The van der Waals surface area contributed by atoms with Crippen molar-refractivity contribution in [1.82, 2.24) is 19.7 Å². The number of fused-ring (bicyclic) bond motifs is 1. The largest absolute Gasteiger partial charge is 0.396 e. The van der Waals surface area contributed by atoms with Gasteiger partial charge in [-0.1, -0.05) is 29.8 Å². The fourth-order valence-corrected chi connectivity index (χ4v) is 2.92. The molecule has 2 aromatic carbocycles.